The summed E-state index contributed by atoms with van der Waals surface area (Å²) in [6.45, 7) is 5.78. The van der Waals surface area contributed by atoms with E-state index in [0.717, 1.165) is 38.4 Å². The van der Waals surface area contributed by atoms with E-state index in [1.54, 1.807) is 0 Å². The number of aryl methyl sites for hydroxylation is 2. The minimum absolute atomic E-state index is 0.728. The number of benzene rings is 1. The summed E-state index contributed by atoms with van der Waals surface area (Å²) >= 11 is 0. The molecular formula is C16H21N3O. The maximum absolute atomic E-state index is 5.82. The molecule has 1 aromatic heterocycles. The van der Waals surface area contributed by atoms with E-state index in [1.807, 2.05) is 18.5 Å². The van der Waals surface area contributed by atoms with Crippen molar-refractivity contribution in [3.63, 3.8) is 0 Å². The van der Waals surface area contributed by atoms with Crippen LogP contribution in [0.3, 0.4) is 0 Å². The summed E-state index contributed by atoms with van der Waals surface area (Å²) < 4.78 is 7.95. The largest absolute Gasteiger partial charge is 0.492 e. The lowest BCUT2D eigenvalue weighted by molar-refractivity contribution is 0.193. The van der Waals surface area contributed by atoms with E-state index in [-0.39, 0.29) is 0 Å². The SMILES string of the molecule is Cc1cccc(OCCN2CCc3c(ncn3C)C2)c1. The quantitative estimate of drug-likeness (QED) is 0.853. The Labute approximate surface area is 120 Å². The predicted molar refractivity (Wildman–Crippen MR) is 78.9 cm³/mol. The average molecular weight is 271 g/mol. The number of fused-ring (bicyclic) bond motifs is 1. The van der Waals surface area contributed by atoms with E-state index in [1.165, 1.54) is 17.0 Å². The third-order valence-electron chi connectivity index (χ3n) is 3.85. The molecule has 2 heterocycles. The molecule has 4 heteroatoms. The van der Waals surface area contributed by atoms with E-state index in [0.29, 0.717) is 0 Å². The Morgan fingerprint density at radius 1 is 1.35 bits per heavy atom. The fourth-order valence-corrected chi connectivity index (χ4v) is 2.70. The molecule has 20 heavy (non-hydrogen) atoms. The molecule has 2 aromatic rings. The van der Waals surface area contributed by atoms with E-state index >= 15 is 0 Å². The van der Waals surface area contributed by atoms with Crippen molar-refractivity contribution in [1.29, 1.82) is 0 Å². The van der Waals surface area contributed by atoms with Crippen LogP contribution in [0.5, 0.6) is 5.75 Å². The maximum Gasteiger partial charge on any atom is 0.119 e. The van der Waals surface area contributed by atoms with Gasteiger partial charge in [-0.3, -0.25) is 4.90 Å². The van der Waals surface area contributed by atoms with Gasteiger partial charge in [0.1, 0.15) is 12.4 Å². The zero-order valence-corrected chi connectivity index (χ0v) is 12.2. The summed E-state index contributed by atoms with van der Waals surface area (Å²) in [6, 6.07) is 8.21. The molecule has 1 aliphatic rings. The second kappa shape index (κ2) is 5.67. The molecule has 0 bridgehead atoms. The van der Waals surface area contributed by atoms with Gasteiger partial charge in [0.25, 0.3) is 0 Å². The zero-order chi connectivity index (χ0) is 13.9. The molecule has 0 saturated heterocycles. The summed E-state index contributed by atoms with van der Waals surface area (Å²) in [7, 11) is 2.07. The first kappa shape index (κ1) is 13.2. The molecule has 0 spiro atoms. The first-order valence-electron chi connectivity index (χ1n) is 7.13. The van der Waals surface area contributed by atoms with Crippen LogP contribution in [0.1, 0.15) is 17.0 Å². The predicted octanol–water partition coefficient (Wildman–Crippen LogP) is 2.17. The highest BCUT2D eigenvalue weighted by atomic mass is 16.5. The summed E-state index contributed by atoms with van der Waals surface area (Å²) in [5, 5.41) is 0. The fourth-order valence-electron chi connectivity index (χ4n) is 2.70. The van der Waals surface area contributed by atoms with Crippen LogP contribution in [0.15, 0.2) is 30.6 Å². The fraction of sp³-hybridized carbons (Fsp3) is 0.438. The number of imidazole rings is 1. The van der Waals surface area contributed by atoms with Crippen molar-refractivity contribution >= 4 is 0 Å². The Balaban J connectivity index is 1.50. The smallest absolute Gasteiger partial charge is 0.119 e. The van der Waals surface area contributed by atoms with Crippen molar-refractivity contribution < 1.29 is 4.74 Å². The zero-order valence-electron chi connectivity index (χ0n) is 12.2. The minimum atomic E-state index is 0.728. The molecule has 0 fully saturated rings. The Morgan fingerprint density at radius 3 is 3.10 bits per heavy atom. The standard InChI is InChI=1S/C16H21N3O/c1-13-4-3-5-14(10-13)20-9-8-19-7-6-16-15(11-19)17-12-18(16)2/h3-5,10,12H,6-9,11H2,1-2H3. The van der Waals surface area contributed by atoms with Crippen molar-refractivity contribution in [1.82, 2.24) is 14.5 Å². The first-order valence-corrected chi connectivity index (χ1v) is 7.13. The van der Waals surface area contributed by atoms with E-state index in [2.05, 4.69) is 40.6 Å². The third kappa shape index (κ3) is 2.85. The summed E-state index contributed by atoms with van der Waals surface area (Å²) in [5.74, 6) is 0.959. The normalized spacial score (nSPS) is 15.1. The van der Waals surface area contributed by atoms with Gasteiger partial charge in [0.2, 0.25) is 0 Å². The molecule has 1 aliphatic heterocycles. The molecule has 1 aromatic carbocycles. The second-order valence-corrected chi connectivity index (χ2v) is 5.44. The van der Waals surface area contributed by atoms with Crippen LogP contribution in [-0.2, 0) is 20.0 Å². The van der Waals surface area contributed by atoms with Crippen molar-refractivity contribution in [3.05, 3.63) is 47.5 Å². The maximum atomic E-state index is 5.82. The van der Waals surface area contributed by atoms with Gasteiger partial charge in [-0.25, -0.2) is 4.98 Å². The van der Waals surface area contributed by atoms with Gasteiger partial charge in [-0.15, -0.1) is 0 Å². The number of ether oxygens (including phenoxy) is 1. The van der Waals surface area contributed by atoms with E-state index < -0.39 is 0 Å². The van der Waals surface area contributed by atoms with Crippen LogP contribution >= 0.6 is 0 Å². The second-order valence-electron chi connectivity index (χ2n) is 5.44. The molecule has 0 N–H and O–H groups in total. The highest BCUT2D eigenvalue weighted by Crippen LogP contribution is 2.17. The Bertz CT molecular complexity index is 591. The Morgan fingerprint density at radius 2 is 2.25 bits per heavy atom. The number of rotatable bonds is 4. The van der Waals surface area contributed by atoms with Gasteiger partial charge in [0.05, 0.1) is 12.0 Å². The Hall–Kier alpha value is -1.81. The van der Waals surface area contributed by atoms with Gasteiger partial charge < -0.3 is 9.30 Å². The van der Waals surface area contributed by atoms with Crippen molar-refractivity contribution in [2.75, 3.05) is 19.7 Å². The number of hydrogen-bond acceptors (Lipinski definition) is 3. The van der Waals surface area contributed by atoms with Gasteiger partial charge in [0.15, 0.2) is 0 Å². The molecule has 0 unspecified atom stereocenters. The topological polar surface area (TPSA) is 30.3 Å². The molecule has 0 atom stereocenters. The lowest BCUT2D eigenvalue weighted by Crippen LogP contribution is -2.34. The molecule has 3 rings (SSSR count). The molecule has 0 saturated carbocycles. The number of hydrogen-bond donors (Lipinski definition) is 0. The lowest BCUT2D eigenvalue weighted by atomic mass is 10.1. The van der Waals surface area contributed by atoms with Crippen molar-refractivity contribution in [2.24, 2.45) is 7.05 Å². The van der Waals surface area contributed by atoms with Crippen molar-refractivity contribution in [2.45, 2.75) is 19.9 Å². The minimum Gasteiger partial charge on any atom is -0.492 e. The Kier molecular flexibility index (Phi) is 3.74. The average Bonchev–Trinajstić information content (AvgIpc) is 2.80. The van der Waals surface area contributed by atoms with Gasteiger partial charge in [-0.05, 0) is 24.6 Å². The number of aromatic nitrogens is 2. The summed E-state index contributed by atoms with van der Waals surface area (Å²) in [4.78, 5) is 6.87. The molecule has 0 aliphatic carbocycles. The van der Waals surface area contributed by atoms with Gasteiger partial charge in [0, 0.05) is 38.8 Å². The number of nitrogens with zero attached hydrogens (tertiary/aromatic N) is 3. The highest BCUT2D eigenvalue weighted by molar-refractivity contribution is 5.27. The molecule has 0 radical (unpaired) electrons. The van der Waals surface area contributed by atoms with E-state index in [9.17, 15) is 0 Å². The summed E-state index contributed by atoms with van der Waals surface area (Å²) in [5.41, 5.74) is 3.83. The van der Waals surface area contributed by atoms with Crippen LogP contribution in [0.4, 0.5) is 0 Å². The van der Waals surface area contributed by atoms with Crippen molar-refractivity contribution in [3.8, 4) is 5.75 Å². The van der Waals surface area contributed by atoms with Gasteiger partial charge in [-0.2, -0.15) is 0 Å². The molecule has 0 amide bonds. The van der Waals surface area contributed by atoms with Crippen LogP contribution in [0.25, 0.3) is 0 Å². The molecule has 4 nitrogen and oxygen atoms in total. The van der Waals surface area contributed by atoms with Crippen LogP contribution < -0.4 is 4.74 Å². The molecular weight excluding hydrogens is 250 g/mol. The highest BCUT2D eigenvalue weighted by Gasteiger charge is 2.19. The first-order chi connectivity index (χ1) is 9.72. The van der Waals surface area contributed by atoms with Crippen LogP contribution in [-0.4, -0.2) is 34.1 Å². The monoisotopic (exact) mass is 271 g/mol. The lowest BCUT2D eigenvalue weighted by Gasteiger charge is -2.26. The molecule has 106 valence electrons. The summed E-state index contributed by atoms with van der Waals surface area (Å²) in [6.07, 6.45) is 2.99. The van der Waals surface area contributed by atoms with Gasteiger partial charge >= 0.3 is 0 Å². The van der Waals surface area contributed by atoms with Crippen LogP contribution in [0, 0.1) is 6.92 Å². The van der Waals surface area contributed by atoms with Crippen LogP contribution in [0.2, 0.25) is 0 Å². The van der Waals surface area contributed by atoms with E-state index in [4.69, 9.17) is 4.74 Å². The third-order valence-corrected chi connectivity index (χ3v) is 3.85. The van der Waals surface area contributed by atoms with Gasteiger partial charge in [-0.1, -0.05) is 12.1 Å².